The highest BCUT2D eigenvalue weighted by molar-refractivity contribution is 6.29. The summed E-state index contributed by atoms with van der Waals surface area (Å²) in [7, 11) is 2.47. The molecule has 32 heavy (non-hydrogen) atoms. The van der Waals surface area contributed by atoms with Crippen molar-refractivity contribution in [1.29, 1.82) is 0 Å². The van der Waals surface area contributed by atoms with Gasteiger partial charge in [-0.05, 0) is 37.1 Å². The number of methoxy groups -OCH3 is 2. The molecule has 2 N–H and O–H groups in total. The lowest BCUT2D eigenvalue weighted by molar-refractivity contribution is 0.0912. The van der Waals surface area contributed by atoms with Gasteiger partial charge in [-0.1, -0.05) is 0 Å². The molecule has 0 unspecified atom stereocenters. The van der Waals surface area contributed by atoms with Gasteiger partial charge in [-0.15, -0.1) is 0 Å². The number of benzene rings is 2. The van der Waals surface area contributed by atoms with Gasteiger partial charge in [-0.3, -0.25) is 19.2 Å². The van der Waals surface area contributed by atoms with Crippen LogP contribution in [-0.4, -0.2) is 47.6 Å². The highest BCUT2D eigenvalue weighted by Gasteiger charge is 2.37. The maximum atomic E-state index is 13.0. The van der Waals surface area contributed by atoms with E-state index in [-0.39, 0.29) is 44.9 Å². The molecule has 2 aliphatic rings. The lowest BCUT2D eigenvalue weighted by atomic mass is 9.80. The monoisotopic (exact) mass is 434 g/mol. The summed E-state index contributed by atoms with van der Waals surface area (Å²) in [6.07, 6.45) is 2.06. The van der Waals surface area contributed by atoms with Crippen LogP contribution in [0.1, 0.15) is 52.6 Å². The number of aromatic hydroxyl groups is 2. The molecule has 162 valence electrons. The summed E-state index contributed by atoms with van der Waals surface area (Å²) in [5, 5.41) is 21.6. The first kappa shape index (κ1) is 21.0. The van der Waals surface area contributed by atoms with E-state index in [2.05, 4.69) is 0 Å². The van der Waals surface area contributed by atoms with Crippen LogP contribution in [0, 0.1) is 13.8 Å². The van der Waals surface area contributed by atoms with Crippen molar-refractivity contribution >= 4 is 23.1 Å². The molecule has 0 atom stereocenters. The van der Waals surface area contributed by atoms with Crippen molar-refractivity contribution < 1.29 is 38.9 Å². The van der Waals surface area contributed by atoms with E-state index in [9.17, 15) is 29.4 Å². The molecule has 0 radical (unpaired) electrons. The van der Waals surface area contributed by atoms with E-state index in [0.717, 1.165) is 12.2 Å². The average Bonchev–Trinajstić information content (AvgIpc) is 2.73. The molecule has 2 aliphatic carbocycles. The first-order valence-corrected chi connectivity index (χ1v) is 9.55. The third kappa shape index (κ3) is 2.76. The van der Waals surface area contributed by atoms with Gasteiger partial charge in [0.2, 0.25) is 11.6 Å². The van der Waals surface area contributed by atoms with E-state index in [1.807, 2.05) is 0 Å². The van der Waals surface area contributed by atoms with Crippen LogP contribution in [-0.2, 0) is 9.47 Å². The van der Waals surface area contributed by atoms with E-state index < -0.39 is 34.6 Å². The van der Waals surface area contributed by atoms with Crippen molar-refractivity contribution in [2.24, 2.45) is 0 Å². The predicted molar refractivity (Wildman–Crippen MR) is 112 cm³/mol. The smallest absolute Gasteiger partial charge is 0.232 e. The van der Waals surface area contributed by atoms with Crippen molar-refractivity contribution in [2.75, 3.05) is 14.2 Å². The Morgan fingerprint density at radius 2 is 1.19 bits per heavy atom. The Hall–Kier alpha value is -4.20. The number of ketones is 4. The van der Waals surface area contributed by atoms with Gasteiger partial charge >= 0.3 is 0 Å². The van der Waals surface area contributed by atoms with Crippen molar-refractivity contribution in [3.05, 3.63) is 69.2 Å². The SMILES string of the molecule is COC1=CC(=O)c2cc(C)c(-c3c(C)cc(O)c4c3C(=O)C=C(OC)C4=O)c(O)c2C1=O. The normalized spacial score (nSPS) is 15.1. The molecule has 0 saturated carbocycles. The fraction of sp³-hybridized carbons (Fsp3) is 0.167. The number of carbonyl (C=O) groups excluding carboxylic acids is 4. The van der Waals surface area contributed by atoms with Gasteiger partial charge in [0.25, 0.3) is 0 Å². The minimum Gasteiger partial charge on any atom is -0.507 e. The van der Waals surface area contributed by atoms with E-state index in [4.69, 9.17) is 9.47 Å². The van der Waals surface area contributed by atoms with Crippen molar-refractivity contribution in [2.45, 2.75) is 13.8 Å². The number of aryl methyl sites for hydroxylation is 2. The average molecular weight is 434 g/mol. The first-order chi connectivity index (χ1) is 15.1. The zero-order chi connectivity index (χ0) is 23.5. The Morgan fingerprint density at radius 1 is 0.656 bits per heavy atom. The minimum atomic E-state index is -0.688. The number of rotatable bonds is 3. The van der Waals surface area contributed by atoms with Gasteiger partial charge in [0.15, 0.2) is 23.1 Å². The molecule has 0 aliphatic heterocycles. The largest absolute Gasteiger partial charge is 0.507 e. The number of Topliss-reactive ketones (excluding diaryl/α,β-unsaturated/α-hetero) is 2. The zero-order valence-electron chi connectivity index (χ0n) is 17.7. The first-order valence-electron chi connectivity index (χ1n) is 9.55. The van der Waals surface area contributed by atoms with Crippen LogP contribution in [0.25, 0.3) is 11.1 Å². The van der Waals surface area contributed by atoms with Gasteiger partial charge in [0.05, 0.1) is 25.3 Å². The highest BCUT2D eigenvalue weighted by atomic mass is 16.5. The van der Waals surface area contributed by atoms with Gasteiger partial charge < -0.3 is 19.7 Å². The summed E-state index contributed by atoms with van der Waals surface area (Å²) < 4.78 is 9.93. The summed E-state index contributed by atoms with van der Waals surface area (Å²) in [4.78, 5) is 51.1. The molecule has 0 saturated heterocycles. The molecule has 0 spiro atoms. The van der Waals surface area contributed by atoms with Crippen molar-refractivity contribution in [1.82, 2.24) is 0 Å². The van der Waals surface area contributed by atoms with E-state index in [1.54, 1.807) is 13.8 Å². The topological polar surface area (TPSA) is 127 Å². The molecule has 8 heteroatoms. The maximum Gasteiger partial charge on any atom is 0.232 e. The van der Waals surface area contributed by atoms with E-state index >= 15 is 0 Å². The Kier molecular flexibility index (Phi) is 4.73. The van der Waals surface area contributed by atoms with E-state index in [0.29, 0.717) is 11.1 Å². The summed E-state index contributed by atoms with van der Waals surface area (Å²) in [6, 6.07) is 2.74. The Balaban J connectivity index is 2.10. The fourth-order valence-electron chi connectivity index (χ4n) is 4.21. The molecular formula is C24H18O8. The molecule has 0 amide bonds. The zero-order valence-corrected chi connectivity index (χ0v) is 17.7. The summed E-state index contributed by atoms with van der Waals surface area (Å²) >= 11 is 0. The lowest BCUT2D eigenvalue weighted by Crippen LogP contribution is -2.21. The number of carbonyl (C=O) groups is 4. The molecule has 4 rings (SSSR count). The molecule has 0 fully saturated rings. The molecule has 8 nitrogen and oxygen atoms in total. The van der Waals surface area contributed by atoms with Gasteiger partial charge in [-0.25, -0.2) is 0 Å². The predicted octanol–water partition coefficient (Wildman–Crippen LogP) is 3.20. The number of allylic oxidation sites excluding steroid dienone is 4. The standard InChI is InChI=1S/C24H18O8/c1-9-5-11-12(25)7-15(31-3)22(28)19(11)24(30)18(9)17-10(2)6-13(26)21-20(17)14(27)8-16(32-4)23(21)29/h5-8,26,30H,1-4H3. The Bertz CT molecular complexity index is 1340. The van der Waals surface area contributed by atoms with Crippen molar-refractivity contribution in [3.63, 3.8) is 0 Å². The molecular weight excluding hydrogens is 416 g/mol. The number of phenols is 2. The summed E-state index contributed by atoms with van der Waals surface area (Å²) in [6.45, 7) is 3.20. The number of hydrogen-bond acceptors (Lipinski definition) is 8. The summed E-state index contributed by atoms with van der Waals surface area (Å²) in [5.74, 6) is -3.87. The maximum absolute atomic E-state index is 13.0. The van der Waals surface area contributed by atoms with E-state index in [1.165, 1.54) is 26.4 Å². The van der Waals surface area contributed by atoms with Crippen LogP contribution in [0.2, 0.25) is 0 Å². The van der Waals surface area contributed by atoms with Gasteiger partial charge in [0.1, 0.15) is 11.5 Å². The Morgan fingerprint density at radius 3 is 1.78 bits per heavy atom. The quantitative estimate of drug-likeness (QED) is 0.754. The molecule has 2 aromatic carbocycles. The molecule has 0 aromatic heterocycles. The highest BCUT2D eigenvalue weighted by Crippen LogP contribution is 2.46. The van der Waals surface area contributed by atoms with Gasteiger partial charge in [0, 0.05) is 34.4 Å². The van der Waals surface area contributed by atoms with Crippen LogP contribution in [0.3, 0.4) is 0 Å². The summed E-state index contributed by atoms with van der Waals surface area (Å²) in [5.41, 5.74) is 0.430. The van der Waals surface area contributed by atoms with Crippen LogP contribution in [0.4, 0.5) is 0 Å². The number of phenolic OH excluding ortho intramolecular Hbond substituents is 2. The number of hydrogen-bond donors (Lipinski definition) is 2. The lowest BCUT2D eigenvalue weighted by Gasteiger charge is -2.24. The third-order valence-corrected chi connectivity index (χ3v) is 5.63. The third-order valence-electron chi connectivity index (χ3n) is 5.63. The molecule has 0 heterocycles. The van der Waals surface area contributed by atoms with Crippen LogP contribution in [0.15, 0.2) is 35.8 Å². The minimum absolute atomic E-state index is 0.00353. The molecule has 0 bridgehead atoms. The van der Waals surface area contributed by atoms with Crippen molar-refractivity contribution in [3.8, 4) is 22.6 Å². The fourth-order valence-corrected chi connectivity index (χ4v) is 4.21. The second-order valence-corrected chi connectivity index (χ2v) is 7.49. The number of fused-ring (bicyclic) bond motifs is 2. The Labute approximate surface area is 182 Å². The van der Waals surface area contributed by atoms with Crippen LogP contribution < -0.4 is 0 Å². The van der Waals surface area contributed by atoms with Crippen LogP contribution >= 0.6 is 0 Å². The second-order valence-electron chi connectivity index (χ2n) is 7.49. The van der Waals surface area contributed by atoms with Crippen LogP contribution in [0.5, 0.6) is 11.5 Å². The molecule has 2 aromatic rings. The van der Waals surface area contributed by atoms with Gasteiger partial charge in [-0.2, -0.15) is 0 Å². The number of ether oxygens (including phenoxy) is 2. The second kappa shape index (κ2) is 7.19.